The third-order valence-corrected chi connectivity index (χ3v) is 2.99. The molecule has 0 aromatic heterocycles. The maximum absolute atomic E-state index is 11.7. The summed E-state index contributed by atoms with van der Waals surface area (Å²) in [4.78, 5) is 11.7. The van der Waals surface area contributed by atoms with E-state index in [0.717, 1.165) is 11.3 Å². The average molecular weight is 280 g/mol. The molecule has 0 aliphatic rings. The fraction of sp³-hybridized carbons (Fsp3) is 0.533. The Bertz CT molecular complexity index is 421. The van der Waals surface area contributed by atoms with E-state index < -0.39 is 0 Å². The number of aliphatic hydroxyl groups excluding tert-OH is 1. The van der Waals surface area contributed by atoms with Gasteiger partial charge in [-0.2, -0.15) is 0 Å². The molecule has 2 amide bonds. The van der Waals surface area contributed by atoms with Crippen LogP contribution < -0.4 is 10.6 Å². The summed E-state index contributed by atoms with van der Waals surface area (Å²) in [7, 11) is 1.63. The van der Waals surface area contributed by atoms with Gasteiger partial charge in [-0.05, 0) is 30.0 Å². The van der Waals surface area contributed by atoms with E-state index >= 15 is 0 Å². The van der Waals surface area contributed by atoms with E-state index in [1.807, 2.05) is 38.1 Å². The topological polar surface area (TPSA) is 70.6 Å². The Kier molecular flexibility index (Phi) is 7.04. The van der Waals surface area contributed by atoms with Gasteiger partial charge in [0.2, 0.25) is 0 Å². The van der Waals surface area contributed by atoms with Gasteiger partial charge < -0.3 is 20.5 Å². The summed E-state index contributed by atoms with van der Waals surface area (Å²) < 4.78 is 5.05. The molecule has 0 spiro atoms. The fourth-order valence-electron chi connectivity index (χ4n) is 1.75. The Morgan fingerprint density at radius 2 is 2.15 bits per heavy atom. The largest absolute Gasteiger partial charge is 0.393 e. The molecular formula is C15H24N2O3. The summed E-state index contributed by atoms with van der Waals surface area (Å²) in [6, 6.07) is 7.22. The predicted molar refractivity (Wildman–Crippen MR) is 79.6 cm³/mol. The molecule has 0 radical (unpaired) electrons. The van der Waals surface area contributed by atoms with Crippen LogP contribution in [0.2, 0.25) is 0 Å². The highest BCUT2D eigenvalue weighted by atomic mass is 16.5. The van der Waals surface area contributed by atoms with Gasteiger partial charge in [0.25, 0.3) is 0 Å². The van der Waals surface area contributed by atoms with Crippen LogP contribution in [0.5, 0.6) is 0 Å². The fourth-order valence-corrected chi connectivity index (χ4v) is 1.75. The minimum Gasteiger partial charge on any atom is -0.393 e. The molecule has 0 saturated carbocycles. The minimum absolute atomic E-state index is 0.200. The Hall–Kier alpha value is -1.59. The molecule has 0 aliphatic heterocycles. The number of nitrogens with one attached hydrogen (secondary N) is 2. The molecule has 112 valence electrons. The van der Waals surface area contributed by atoms with Crippen molar-refractivity contribution in [3.8, 4) is 0 Å². The van der Waals surface area contributed by atoms with Crippen LogP contribution in [0.1, 0.15) is 25.8 Å². The van der Waals surface area contributed by atoms with Crippen LogP contribution in [-0.2, 0) is 11.3 Å². The summed E-state index contributed by atoms with van der Waals surface area (Å²) in [5, 5.41) is 15.1. The molecule has 1 aromatic carbocycles. The quantitative estimate of drug-likeness (QED) is 0.718. The lowest BCUT2D eigenvalue weighted by atomic mass is 10.0. The molecule has 3 N–H and O–H groups in total. The van der Waals surface area contributed by atoms with E-state index in [1.165, 1.54) is 0 Å². The summed E-state index contributed by atoms with van der Waals surface area (Å²) >= 11 is 0. The zero-order chi connectivity index (χ0) is 15.0. The van der Waals surface area contributed by atoms with E-state index in [-0.39, 0.29) is 18.1 Å². The van der Waals surface area contributed by atoms with Crippen molar-refractivity contribution in [1.29, 1.82) is 0 Å². The van der Waals surface area contributed by atoms with Crippen molar-refractivity contribution in [2.45, 2.75) is 33.0 Å². The molecule has 5 heteroatoms. The number of anilines is 1. The molecule has 1 unspecified atom stereocenters. The van der Waals surface area contributed by atoms with Crippen LogP contribution in [0.25, 0.3) is 0 Å². The van der Waals surface area contributed by atoms with Crippen molar-refractivity contribution in [2.75, 3.05) is 19.0 Å². The molecule has 0 aliphatic carbocycles. The molecule has 1 atom stereocenters. The number of carbonyl (C=O) groups is 1. The number of amides is 2. The van der Waals surface area contributed by atoms with E-state index in [9.17, 15) is 9.90 Å². The molecular weight excluding hydrogens is 256 g/mol. The van der Waals surface area contributed by atoms with Crippen LogP contribution in [0.4, 0.5) is 10.5 Å². The number of ether oxygens (including phenoxy) is 1. The normalized spacial score (nSPS) is 12.2. The predicted octanol–water partition coefficient (Wildman–Crippen LogP) is 2.36. The van der Waals surface area contributed by atoms with E-state index in [1.54, 1.807) is 7.11 Å². The number of benzene rings is 1. The summed E-state index contributed by atoms with van der Waals surface area (Å²) in [6.07, 6.45) is 0.162. The van der Waals surface area contributed by atoms with Crippen molar-refractivity contribution in [3.05, 3.63) is 29.8 Å². The highest BCUT2D eigenvalue weighted by molar-refractivity contribution is 5.89. The van der Waals surface area contributed by atoms with Gasteiger partial charge in [-0.3, -0.25) is 0 Å². The molecule has 1 rings (SSSR count). The lowest BCUT2D eigenvalue weighted by Crippen LogP contribution is -2.32. The number of hydrogen-bond donors (Lipinski definition) is 3. The summed E-state index contributed by atoms with van der Waals surface area (Å²) in [5.74, 6) is 0.200. The second kappa shape index (κ2) is 8.55. The van der Waals surface area contributed by atoms with Crippen LogP contribution >= 0.6 is 0 Å². The Balaban J connectivity index is 2.36. The van der Waals surface area contributed by atoms with Gasteiger partial charge in [0, 0.05) is 19.3 Å². The highest BCUT2D eigenvalue weighted by Gasteiger charge is 2.09. The zero-order valence-electron chi connectivity index (χ0n) is 12.3. The molecule has 0 bridgehead atoms. The lowest BCUT2D eigenvalue weighted by molar-refractivity contribution is 0.117. The first-order valence-electron chi connectivity index (χ1n) is 6.83. The van der Waals surface area contributed by atoms with Crippen molar-refractivity contribution in [2.24, 2.45) is 5.92 Å². The van der Waals surface area contributed by atoms with E-state index in [0.29, 0.717) is 19.6 Å². The van der Waals surface area contributed by atoms with Crippen LogP contribution in [0, 0.1) is 5.92 Å². The van der Waals surface area contributed by atoms with Gasteiger partial charge in [0.15, 0.2) is 0 Å². The first kappa shape index (κ1) is 16.5. The molecule has 1 aromatic rings. The van der Waals surface area contributed by atoms with Crippen molar-refractivity contribution >= 4 is 11.7 Å². The Morgan fingerprint density at radius 1 is 1.40 bits per heavy atom. The summed E-state index contributed by atoms with van der Waals surface area (Å²) in [5.41, 5.74) is 1.72. The molecule has 20 heavy (non-hydrogen) atoms. The first-order valence-corrected chi connectivity index (χ1v) is 6.83. The first-order chi connectivity index (χ1) is 9.52. The zero-order valence-corrected chi connectivity index (χ0v) is 12.3. The van der Waals surface area contributed by atoms with Crippen LogP contribution in [0.3, 0.4) is 0 Å². The van der Waals surface area contributed by atoms with Crippen molar-refractivity contribution in [3.63, 3.8) is 0 Å². The maximum Gasteiger partial charge on any atom is 0.319 e. The van der Waals surface area contributed by atoms with E-state index in [2.05, 4.69) is 10.6 Å². The van der Waals surface area contributed by atoms with Gasteiger partial charge in [0.05, 0.1) is 12.7 Å². The van der Waals surface area contributed by atoms with Gasteiger partial charge in [-0.25, -0.2) is 4.79 Å². The minimum atomic E-state index is -0.389. The number of urea groups is 1. The standard InChI is InChI=1S/C15H24N2O3/c1-11(2)14(18)7-8-16-15(19)17-13-6-4-5-12(9-13)10-20-3/h4-6,9,11,14,18H,7-8,10H2,1-3H3,(H2,16,17,19). The second-order valence-electron chi connectivity index (χ2n) is 5.11. The van der Waals surface area contributed by atoms with Crippen molar-refractivity contribution in [1.82, 2.24) is 5.32 Å². The molecule has 5 nitrogen and oxygen atoms in total. The highest BCUT2D eigenvalue weighted by Crippen LogP contribution is 2.11. The molecule has 0 fully saturated rings. The maximum atomic E-state index is 11.7. The smallest absolute Gasteiger partial charge is 0.319 e. The van der Waals surface area contributed by atoms with Gasteiger partial charge in [-0.1, -0.05) is 26.0 Å². The number of methoxy groups -OCH3 is 1. The van der Waals surface area contributed by atoms with Crippen molar-refractivity contribution < 1.29 is 14.6 Å². The lowest BCUT2D eigenvalue weighted by Gasteiger charge is -2.14. The molecule has 0 saturated heterocycles. The van der Waals surface area contributed by atoms with E-state index in [4.69, 9.17) is 4.74 Å². The van der Waals surface area contributed by atoms with Crippen LogP contribution in [0.15, 0.2) is 24.3 Å². The van der Waals surface area contributed by atoms with Gasteiger partial charge >= 0.3 is 6.03 Å². The second-order valence-corrected chi connectivity index (χ2v) is 5.11. The van der Waals surface area contributed by atoms with Gasteiger partial charge in [0.1, 0.15) is 0 Å². The number of carbonyl (C=O) groups excluding carboxylic acids is 1. The number of rotatable bonds is 7. The monoisotopic (exact) mass is 280 g/mol. The van der Waals surface area contributed by atoms with Crippen LogP contribution in [-0.4, -0.2) is 30.9 Å². The number of hydrogen-bond acceptors (Lipinski definition) is 3. The van der Waals surface area contributed by atoms with Gasteiger partial charge in [-0.15, -0.1) is 0 Å². The Morgan fingerprint density at radius 3 is 2.80 bits per heavy atom. The average Bonchev–Trinajstić information content (AvgIpc) is 2.39. The third-order valence-electron chi connectivity index (χ3n) is 2.99. The SMILES string of the molecule is COCc1cccc(NC(=O)NCCC(O)C(C)C)c1. The molecule has 0 heterocycles. The Labute approximate surface area is 120 Å². The third kappa shape index (κ3) is 6.04. The number of aliphatic hydroxyl groups is 1. The summed E-state index contributed by atoms with van der Waals surface area (Å²) in [6.45, 7) is 4.86.